The molecule has 0 aromatic carbocycles. The average Bonchev–Trinajstić information content (AvgIpc) is 2.56. The molecule has 0 saturated carbocycles. The number of carbonyl (C=O) groups excluding carboxylic acids is 2. The topological polar surface area (TPSA) is 55.8 Å². The fourth-order valence-electron chi connectivity index (χ4n) is 2.14. The van der Waals surface area contributed by atoms with Gasteiger partial charge in [-0.1, -0.05) is 58.8 Å². The van der Waals surface area contributed by atoms with E-state index in [0.29, 0.717) is 13.2 Å². The normalized spacial score (nSPS) is 11.8. The average molecular weight is 329 g/mol. The molecule has 5 nitrogen and oxygen atoms in total. The summed E-state index contributed by atoms with van der Waals surface area (Å²) in [6.45, 7) is 6.59. The number of ether oxygens (including phenoxy) is 2. The maximum Gasteiger partial charge on any atom is 0.410 e. The Balaban J connectivity index is 3.70. The van der Waals surface area contributed by atoms with E-state index in [4.69, 9.17) is 9.47 Å². The minimum absolute atomic E-state index is 0.364. The molecular weight excluding hydrogens is 294 g/mol. The summed E-state index contributed by atoms with van der Waals surface area (Å²) in [6, 6.07) is -0.617. The molecule has 1 amide bonds. The van der Waals surface area contributed by atoms with Gasteiger partial charge in [-0.05, 0) is 19.8 Å². The van der Waals surface area contributed by atoms with Crippen LogP contribution in [0.1, 0.15) is 78.6 Å². The van der Waals surface area contributed by atoms with Gasteiger partial charge in [0.25, 0.3) is 0 Å². The number of unbranched alkanes of at least 4 members (excludes halogenated alkanes) is 7. The quantitative estimate of drug-likeness (QED) is 0.368. The number of amides is 1. The zero-order valence-electron chi connectivity index (χ0n) is 15.4. The second-order valence-corrected chi connectivity index (χ2v) is 6.04. The lowest BCUT2D eigenvalue weighted by Crippen LogP contribution is -2.41. The Labute approximate surface area is 141 Å². The molecule has 0 spiro atoms. The van der Waals surface area contributed by atoms with E-state index in [-0.39, 0.29) is 5.97 Å². The minimum Gasteiger partial charge on any atom is -0.464 e. The summed E-state index contributed by atoms with van der Waals surface area (Å²) in [5.74, 6) is -0.371. The van der Waals surface area contributed by atoms with E-state index in [2.05, 4.69) is 6.92 Å². The molecule has 0 saturated heterocycles. The summed E-state index contributed by atoms with van der Waals surface area (Å²) in [4.78, 5) is 24.8. The summed E-state index contributed by atoms with van der Waals surface area (Å²) in [6.07, 6.45) is 9.92. The number of carbonyl (C=O) groups is 2. The largest absolute Gasteiger partial charge is 0.464 e. The van der Waals surface area contributed by atoms with E-state index < -0.39 is 12.1 Å². The summed E-state index contributed by atoms with van der Waals surface area (Å²) >= 11 is 0. The molecule has 5 heteroatoms. The Bertz CT molecular complexity index is 320. The molecule has 136 valence electrons. The SMILES string of the molecule is CCCCCCCCCCOC(=O)C(C)N(C)C(=O)OCCC. The van der Waals surface area contributed by atoms with Gasteiger partial charge in [0.05, 0.1) is 13.2 Å². The molecule has 0 fully saturated rings. The van der Waals surface area contributed by atoms with E-state index in [9.17, 15) is 9.59 Å². The van der Waals surface area contributed by atoms with Crippen molar-refractivity contribution in [2.45, 2.75) is 84.6 Å². The maximum absolute atomic E-state index is 11.9. The van der Waals surface area contributed by atoms with Crippen LogP contribution in [0, 0.1) is 0 Å². The fourth-order valence-corrected chi connectivity index (χ4v) is 2.14. The number of hydrogen-bond acceptors (Lipinski definition) is 4. The Hall–Kier alpha value is -1.26. The molecule has 0 aromatic rings. The smallest absolute Gasteiger partial charge is 0.410 e. The van der Waals surface area contributed by atoms with Crippen LogP contribution < -0.4 is 0 Å². The van der Waals surface area contributed by atoms with Crippen LogP contribution in [-0.2, 0) is 14.3 Å². The molecule has 1 atom stereocenters. The molecule has 0 aromatic heterocycles. The third kappa shape index (κ3) is 11.0. The highest BCUT2D eigenvalue weighted by atomic mass is 16.6. The van der Waals surface area contributed by atoms with E-state index in [1.54, 1.807) is 14.0 Å². The predicted molar refractivity (Wildman–Crippen MR) is 92.4 cm³/mol. The highest BCUT2D eigenvalue weighted by Gasteiger charge is 2.24. The van der Waals surface area contributed by atoms with Gasteiger partial charge in [0, 0.05) is 7.05 Å². The van der Waals surface area contributed by atoms with Crippen molar-refractivity contribution in [1.82, 2.24) is 4.90 Å². The first-order valence-electron chi connectivity index (χ1n) is 9.10. The molecule has 0 aliphatic carbocycles. The number of nitrogens with zero attached hydrogens (tertiary/aromatic N) is 1. The van der Waals surface area contributed by atoms with Gasteiger partial charge in [-0.2, -0.15) is 0 Å². The summed E-state index contributed by atoms with van der Waals surface area (Å²) in [7, 11) is 1.56. The molecule has 1 unspecified atom stereocenters. The van der Waals surface area contributed by atoms with Crippen molar-refractivity contribution in [2.24, 2.45) is 0 Å². The molecule has 0 heterocycles. The van der Waals surface area contributed by atoms with Crippen LogP contribution in [0.2, 0.25) is 0 Å². The Morgan fingerprint density at radius 2 is 1.39 bits per heavy atom. The van der Waals surface area contributed by atoms with Crippen molar-refractivity contribution >= 4 is 12.1 Å². The van der Waals surface area contributed by atoms with Crippen LogP contribution >= 0.6 is 0 Å². The van der Waals surface area contributed by atoms with Gasteiger partial charge >= 0.3 is 12.1 Å². The van der Waals surface area contributed by atoms with Crippen molar-refractivity contribution in [3.8, 4) is 0 Å². The van der Waals surface area contributed by atoms with E-state index >= 15 is 0 Å². The number of likely N-dealkylation sites (N-methyl/N-ethyl adjacent to an activating group) is 1. The molecule has 0 radical (unpaired) electrons. The van der Waals surface area contributed by atoms with Gasteiger partial charge in [-0.25, -0.2) is 9.59 Å². The third-order valence-electron chi connectivity index (χ3n) is 3.88. The van der Waals surface area contributed by atoms with Crippen LogP contribution in [-0.4, -0.2) is 43.3 Å². The summed E-state index contributed by atoms with van der Waals surface area (Å²) in [5.41, 5.74) is 0. The van der Waals surface area contributed by atoms with Crippen molar-refractivity contribution in [2.75, 3.05) is 20.3 Å². The minimum atomic E-state index is -0.617. The van der Waals surface area contributed by atoms with Gasteiger partial charge in [0.1, 0.15) is 6.04 Å². The highest BCUT2D eigenvalue weighted by molar-refractivity contribution is 5.80. The van der Waals surface area contributed by atoms with Crippen LogP contribution in [0.15, 0.2) is 0 Å². The predicted octanol–water partition coefficient (Wildman–Crippen LogP) is 4.54. The van der Waals surface area contributed by atoms with Gasteiger partial charge in [0.15, 0.2) is 0 Å². The molecule has 23 heavy (non-hydrogen) atoms. The van der Waals surface area contributed by atoms with E-state index in [1.807, 2.05) is 6.92 Å². The molecule has 0 aliphatic heterocycles. The molecule has 0 N–H and O–H groups in total. The third-order valence-corrected chi connectivity index (χ3v) is 3.88. The Kier molecular flexibility index (Phi) is 13.6. The zero-order valence-corrected chi connectivity index (χ0v) is 15.4. The van der Waals surface area contributed by atoms with Crippen LogP contribution in [0.5, 0.6) is 0 Å². The zero-order chi connectivity index (χ0) is 17.5. The van der Waals surface area contributed by atoms with Gasteiger partial charge < -0.3 is 9.47 Å². The van der Waals surface area contributed by atoms with E-state index in [0.717, 1.165) is 19.3 Å². The van der Waals surface area contributed by atoms with Crippen molar-refractivity contribution in [3.63, 3.8) is 0 Å². The van der Waals surface area contributed by atoms with Gasteiger partial charge in [-0.15, -0.1) is 0 Å². The van der Waals surface area contributed by atoms with Crippen LogP contribution in [0.4, 0.5) is 4.79 Å². The fraction of sp³-hybridized carbons (Fsp3) is 0.889. The van der Waals surface area contributed by atoms with Crippen molar-refractivity contribution in [3.05, 3.63) is 0 Å². The first kappa shape index (κ1) is 21.7. The first-order valence-corrected chi connectivity index (χ1v) is 9.10. The summed E-state index contributed by atoms with van der Waals surface area (Å²) < 4.78 is 10.2. The Morgan fingerprint density at radius 1 is 0.826 bits per heavy atom. The second kappa shape index (κ2) is 14.3. The molecule has 0 rings (SSSR count). The van der Waals surface area contributed by atoms with Crippen molar-refractivity contribution < 1.29 is 19.1 Å². The number of hydrogen-bond donors (Lipinski definition) is 0. The lowest BCUT2D eigenvalue weighted by atomic mass is 10.1. The summed E-state index contributed by atoms with van der Waals surface area (Å²) in [5, 5.41) is 0. The molecule has 0 aliphatic rings. The van der Waals surface area contributed by atoms with Crippen LogP contribution in [0.25, 0.3) is 0 Å². The standard InChI is InChI=1S/C18H35NO4/c1-5-7-8-9-10-11-12-13-15-22-17(20)16(3)19(4)18(21)23-14-6-2/h16H,5-15H2,1-4H3. The Morgan fingerprint density at radius 3 is 1.96 bits per heavy atom. The molecular formula is C18H35NO4. The second-order valence-electron chi connectivity index (χ2n) is 6.04. The maximum atomic E-state index is 11.9. The lowest BCUT2D eigenvalue weighted by molar-refractivity contribution is -0.148. The number of esters is 1. The van der Waals surface area contributed by atoms with Gasteiger partial charge in [-0.3, -0.25) is 4.90 Å². The first-order chi connectivity index (χ1) is 11.0. The monoisotopic (exact) mass is 329 g/mol. The van der Waals surface area contributed by atoms with Crippen LogP contribution in [0.3, 0.4) is 0 Å². The number of rotatable bonds is 13. The lowest BCUT2D eigenvalue weighted by Gasteiger charge is -2.22. The van der Waals surface area contributed by atoms with E-state index in [1.165, 1.54) is 43.4 Å². The van der Waals surface area contributed by atoms with Crippen molar-refractivity contribution in [1.29, 1.82) is 0 Å². The molecule has 0 bridgehead atoms. The highest BCUT2D eigenvalue weighted by Crippen LogP contribution is 2.09. The van der Waals surface area contributed by atoms with Gasteiger partial charge in [0.2, 0.25) is 0 Å².